The molecule has 0 spiro atoms. The topological polar surface area (TPSA) is 23.8 Å². The van der Waals surface area contributed by atoms with Crippen molar-refractivity contribution in [2.45, 2.75) is 13.3 Å². The third-order valence-corrected chi connectivity index (χ3v) is 1.15. The standard InChI is InChI=1S/C8H11N/c1-4-5-8(6-9)7(2)3/h4,8H,1-2,5H2,3H3. The summed E-state index contributed by atoms with van der Waals surface area (Å²) >= 11 is 0. The maximum atomic E-state index is 8.47. The second-order valence-corrected chi connectivity index (χ2v) is 2.05. The molecule has 0 heterocycles. The molecular weight excluding hydrogens is 110 g/mol. The minimum Gasteiger partial charge on any atom is -0.198 e. The number of nitriles is 1. The molecule has 1 heteroatoms. The summed E-state index contributed by atoms with van der Waals surface area (Å²) in [6.45, 7) is 9.07. The maximum Gasteiger partial charge on any atom is 0.0703 e. The molecule has 0 aliphatic rings. The number of hydrogen-bond donors (Lipinski definition) is 0. The summed E-state index contributed by atoms with van der Waals surface area (Å²) < 4.78 is 0. The van der Waals surface area contributed by atoms with Gasteiger partial charge in [0.1, 0.15) is 0 Å². The normalized spacial score (nSPS) is 11.6. The maximum absolute atomic E-state index is 8.47. The minimum atomic E-state index is -0.0394. The zero-order valence-corrected chi connectivity index (χ0v) is 5.72. The second-order valence-electron chi connectivity index (χ2n) is 2.05. The van der Waals surface area contributed by atoms with Crippen LogP contribution in [0.2, 0.25) is 0 Å². The molecule has 48 valence electrons. The third-order valence-electron chi connectivity index (χ3n) is 1.15. The molecule has 0 rings (SSSR count). The molecule has 0 aromatic rings. The predicted octanol–water partition coefficient (Wildman–Crippen LogP) is 2.28. The van der Waals surface area contributed by atoms with Crippen molar-refractivity contribution in [2.24, 2.45) is 5.92 Å². The van der Waals surface area contributed by atoms with E-state index in [0.717, 1.165) is 5.57 Å². The Bertz CT molecular complexity index is 150. The Labute approximate surface area is 56.3 Å². The highest BCUT2D eigenvalue weighted by atomic mass is 14.3. The number of allylic oxidation sites excluding steroid dienone is 2. The smallest absolute Gasteiger partial charge is 0.0703 e. The Balaban J connectivity index is 3.86. The van der Waals surface area contributed by atoms with E-state index < -0.39 is 0 Å². The summed E-state index contributed by atoms with van der Waals surface area (Å²) in [5, 5.41) is 8.47. The minimum absolute atomic E-state index is 0.0394. The monoisotopic (exact) mass is 121 g/mol. The zero-order valence-electron chi connectivity index (χ0n) is 5.72. The van der Waals surface area contributed by atoms with Crippen molar-refractivity contribution in [2.75, 3.05) is 0 Å². The van der Waals surface area contributed by atoms with Gasteiger partial charge in [-0.25, -0.2) is 0 Å². The second kappa shape index (κ2) is 3.91. The molecule has 0 fully saturated rings. The van der Waals surface area contributed by atoms with Gasteiger partial charge in [0.25, 0.3) is 0 Å². The van der Waals surface area contributed by atoms with Crippen LogP contribution in [0.1, 0.15) is 13.3 Å². The van der Waals surface area contributed by atoms with Gasteiger partial charge in [-0.3, -0.25) is 0 Å². The van der Waals surface area contributed by atoms with Crippen molar-refractivity contribution in [1.29, 1.82) is 5.26 Å². The van der Waals surface area contributed by atoms with Crippen molar-refractivity contribution in [3.05, 3.63) is 24.8 Å². The Morgan fingerprint density at radius 2 is 2.44 bits per heavy atom. The van der Waals surface area contributed by atoms with Gasteiger partial charge in [-0.1, -0.05) is 18.2 Å². The molecule has 0 radical (unpaired) electrons. The molecule has 0 aliphatic carbocycles. The van der Waals surface area contributed by atoms with Gasteiger partial charge in [0.2, 0.25) is 0 Å². The van der Waals surface area contributed by atoms with Gasteiger partial charge in [0.05, 0.1) is 12.0 Å². The summed E-state index contributed by atoms with van der Waals surface area (Å²) in [7, 11) is 0. The van der Waals surface area contributed by atoms with Gasteiger partial charge in [-0.15, -0.1) is 6.58 Å². The van der Waals surface area contributed by atoms with E-state index >= 15 is 0 Å². The Kier molecular flexibility index (Phi) is 3.46. The average molecular weight is 121 g/mol. The van der Waals surface area contributed by atoms with E-state index in [9.17, 15) is 0 Å². The lowest BCUT2D eigenvalue weighted by Crippen LogP contribution is -1.94. The van der Waals surface area contributed by atoms with E-state index in [1.165, 1.54) is 0 Å². The molecule has 0 aliphatic heterocycles. The highest BCUT2D eigenvalue weighted by molar-refractivity contribution is 5.08. The highest BCUT2D eigenvalue weighted by Crippen LogP contribution is 2.10. The molecule has 0 aromatic carbocycles. The van der Waals surface area contributed by atoms with Gasteiger partial charge < -0.3 is 0 Å². The van der Waals surface area contributed by atoms with Crippen molar-refractivity contribution in [1.82, 2.24) is 0 Å². The Hall–Kier alpha value is -1.03. The number of rotatable bonds is 3. The molecular formula is C8H11N. The first-order valence-corrected chi connectivity index (χ1v) is 2.88. The quantitative estimate of drug-likeness (QED) is 0.525. The van der Waals surface area contributed by atoms with Crippen molar-refractivity contribution < 1.29 is 0 Å². The molecule has 0 aromatic heterocycles. The first kappa shape index (κ1) is 7.97. The van der Waals surface area contributed by atoms with E-state index in [2.05, 4.69) is 19.2 Å². The van der Waals surface area contributed by atoms with Crippen molar-refractivity contribution in [3.8, 4) is 6.07 Å². The Morgan fingerprint density at radius 3 is 2.56 bits per heavy atom. The molecule has 0 saturated heterocycles. The number of nitrogens with zero attached hydrogens (tertiary/aromatic N) is 1. The molecule has 1 unspecified atom stereocenters. The van der Waals surface area contributed by atoms with Crippen LogP contribution in [0.4, 0.5) is 0 Å². The van der Waals surface area contributed by atoms with Crippen molar-refractivity contribution >= 4 is 0 Å². The van der Waals surface area contributed by atoms with E-state index in [4.69, 9.17) is 5.26 Å². The largest absolute Gasteiger partial charge is 0.198 e. The third kappa shape index (κ3) is 2.71. The highest BCUT2D eigenvalue weighted by Gasteiger charge is 2.03. The SMILES string of the molecule is C=CCC(C#N)C(=C)C. The van der Waals surface area contributed by atoms with Crippen LogP contribution in [-0.4, -0.2) is 0 Å². The van der Waals surface area contributed by atoms with Crippen LogP contribution in [0.15, 0.2) is 24.8 Å². The summed E-state index contributed by atoms with van der Waals surface area (Å²) in [6, 6.07) is 2.13. The van der Waals surface area contributed by atoms with Crippen LogP contribution < -0.4 is 0 Å². The first-order chi connectivity index (χ1) is 4.22. The summed E-state index contributed by atoms with van der Waals surface area (Å²) in [5.41, 5.74) is 0.914. The van der Waals surface area contributed by atoms with Gasteiger partial charge in [-0.2, -0.15) is 5.26 Å². The lowest BCUT2D eigenvalue weighted by atomic mass is 10.0. The van der Waals surface area contributed by atoms with Crippen LogP contribution >= 0.6 is 0 Å². The summed E-state index contributed by atoms with van der Waals surface area (Å²) in [5.74, 6) is -0.0394. The first-order valence-electron chi connectivity index (χ1n) is 2.88. The lowest BCUT2D eigenvalue weighted by Gasteiger charge is -2.01. The fraction of sp³-hybridized carbons (Fsp3) is 0.375. The van der Waals surface area contributed by atoms with E-state index in [1.807, 2.05) is 6.92 Å². The van der Waals surface area contributed by atoms with Crippen molar-refractivity contribution in [3.63, 3.8) is 0 Å². The van der Waals surface area contributed by atoms with Crippen LogP contribution in [0.5, 0.6) is 0 Å². The molecule has 9 heavy (non-hydrogen) atoms. The van der Waals surface area contributed by atoms with Crippen LogP contribution in [-0.2, 0) is 0 Å². The molecule has 0 saturated carbocycles. The fourth-order valence-electron chi connectivity index (χ4n) is 0.531. The van der Waals surface area contributed by atoms with Crippen LogP contribution in [0, 0.1) is 17.2 Å². The number of hydrogen-bond acceptors (Lipinski definition) is 1. The van der Waals surface area contributed by atoms with Gasteiger partial charge in [0, 0.05) is 0 Å². The van der Waals surface area contributed by atoms with Gasteiger partial charge in [-0.05, 0) is 13.3 Å². The molecule has 0 amide bonds. The van der Waals surface area contributed by atoms with E-state index in [0.29, 0.717) is 6.42 Å². The molecule has 0 bridgehead atoms. The van der Waals surface area contributed by atoms with E-state index in [1.54, 1.807) is 6.08 Å². The molecule has 1 atom stereocenters. The van der Waals surface area contributed by atoms with Crippen LogP contribution in [0.3, 0.4) is 0 Å². The van der Waals surface area contributed by atoms with Gasteiger partial charge >= 0.3 is 0 Å². The summed E-state index contributed by atoms with van der Waals surface area (Å²) in [4.78, 5) is 0. The van der Waals surface area contributed by atoms with E-state index in [-0.39, 0.29) is 5.92 Å². The van der Waals surface area contributed by atoms with Crippen LogP contribution in [0.25, 0.3) is 0 Å². The lowest BCUT2D eigenvalue weighted by molar-refractivity contribution is 0.795. The summed E-state index contributed by atoms with van der Waals surface area (Å²) in [6.07, 6.45) is 2.45. The average Bonchev–Trinajstić information content (AvgIpc) is 1.82. The predicted molar refractivity (Wildman–Crippen MR) is 38.7 cm³/mol. The molecule has 0 N–H and O–H groups in total. The fourth-order valence-corrected chi connectivity index (χ4v) is 0.531. The Morgan fingerprint density at radius 1 is 1.89 bits per heavy atom. The zero-order chi connectivity index (χ0) is 7.28. The van der Waals surface area contributed by atoms with Gasteiger partial charge in [0.15, 0.2) is 0 Å². The molecule has 1 nitrogen and oxygen atoms in total.